The topological polar surface area (TPSA) is 20.3 Å². The molecule has 116 valence electrons. The van der Waals surface area contributed by atoms with E-state index in [1.54, 1.807) is 6.07 Å². The van der Waals surface area contributed by atoms with Gasteiger partial charge in [-0.2, -0.15) is 13.2 Å². The molecule has 0 saturated carbocycles. The van der Waals surface area contributed by atoms with Crippen molar-refractivity contribution in [2.24, 2.45) is 0 Å². The first-order chi connectivity index (χ1) is 10.5. The second kappa shape index (κ2) is 5.96. The summed E-state index contributed by atoms with van der Waals surface area (Å²) in [5.41, 5.74) is -0.513. The summed E-state index contributed by atoms with van der Waals surface area (Å²) in [5, 5.41) is 1.30. The van der Waals surface area contributed by atoms with Crippen LogP contribution >= 0.6 is 23.1 Å². The van der Waals surface area contributed by atoms with Crippen molar-refractivity contribution in [3.63, 3.8) is 0 Å². The summed E-state index contributed by atoms with van der Waals surface area (Å²) in [6.45, 7) is 0.348. The van der Waals surface area contributed by atoms with Gasteiger partial charge < -0.3 is 4.90 Å². The highest BCUT2D eigenvalue weighted by atomic mass is 32.2. The van der Waals surface area contributed by atoms with Gasteiger partial charge in [-0.05, 0) is 23.1 Å². The standard InChI is InChI=1S/C15H12F3NOS2/c16-15(17,18)12-6-2-1-5-11(12)14-19(13(20)9-22-14)8-10-4-3-7-21-10/h1-7,14H,8-9H2. The van der Waals surface area contributed by atoms with Crippen molar-refractivity contribution in [3.05, 3.63) is 57.8 Å². The molecule has 0 aliphatic carbocycles. The van der Waals surface area contributed by atoms with Gasteiger partial charge in [0.25, 0.3) is 0 Å². The van der Waals surface area contributed by atoms with Gasteiger partial charge in [0.1, 0.15) is 5.37 Å². The maximum atomic E-state index is 13.2. The SMILES string of the molecule is O=C1CSC(c2ccccc2C(F)(F)F)N1Cc1cccs1. The first-order valence-electron chi connectivity index (χ1n) is 6.56. The Morgan fingerprint density at radius 3 is 2.64 bits per heavy atom. The summed E-state index contributed by atoms with van der Waals surface area (Å²) in [4.78, 5) is 14.6. The van der Waals surface area contributed by atoms with Gasteiger partial charge in [-0.3, -0.25) is 4.79 Å². The second-order valence-corrected chi connectivity index (χ2v) is 6.95. The minimum atomic E-state index is -4.42. The monoisotopic (exact) mass is 343 g/mol. The Kier molecular flexibility index (Phi) is 4.18. The molecule has 1 aromatic heterocycles. The average molecular weight is 343 g/mol. The highest BCUT2D eigenvalue weighted by molar-refractivity contribution is 8.00. The van der Waals surface area contributed by atoms with E-state index in [-0.39, 0.29) is 17.2 Å². The van der Waals surface area contributed by atoms with E-state index < -0.39 is 17.1 Å². The van der Waals surface area contributed by atoms with Crippen LogP contribution in [0.4, 0.5) is 13.2 Å². The summed E-state index contributed by atoms with van der Waals surface area (Å²) in [6.07, 6.45) is -4.42. The van der Waals surface area contributed by atoms with Crippen LogP contribution in [0, 0.1) is 0 Å². The van der Waals surface area contributed by atoms with Gasteiger partial charge in [0, 0.05) is 4.88 Å². The van der Waals surface area contributed by atoms with Crippen LogP contribution < -0.4 is 0 Å². The maximum absolute atomic E-state index is 13.2. The number of hydrogen-bond donors (Lipinski definition) is 0. The third-order valence-electron chi connectivity index (χ3n) is 3.41. The van der Waals surface area contributed by atoms with Gasteiger partial charge in [-0.25, -0.2) is 0 Å². The van der Waals surface area contributed by atoms with Crippen molar-refractivity contribution < 1.29 is 18.0 Å². The van der Waals surface area contributed by atoms with Crippen LogP contribution in [0.5, 0.6) is 0 Å². The third-order valence-corrected chi connectivity index (χ3v) is 5.51. The third kappa shape index (κ3) is 3.01. The second-order valence-electron chi connectivity index (χ2n) is 4.85. The molecule has 0 spiro atoms. The summed E-state index contributed by atoms with van der Waals surface area (Å²) < 4.78 is 39.6. The van der Waals surface area contributed by atoms with Crippen LogP contribution in [0.2, 0.25) is 0 Å². The lowest BCUT2D eigenvalue weighted by molar-refractivity contribution is -0.139. The van der Waals surface area contributed by atoms with Crippen molar-refractivity contribution in [3.8, 4) is 0 Å². The van der Waals surface area contributed by atoms with E-state index in [2.05, 4.69) is 0 Å². The van der Waals surface area contributed by atoms with Crippen LogP contribution in [0.15, 0.2) is 41.8 Å². The molecule has 7 heteroatoms. The molecule has 2 nitrogen and oxygen atoms in total. The number of benzene rings is 1. The number of carbonyl (C=O) groups excluding carboxylic acids is 1. The first-order valence-corrected chi connectivity index (χ1v) is 8.49. The molecule has 22 heavy (non-hydrogen) atoms. The number of thiophene rings is 1. The van der Waals surface area contributed by atoms with Crippen molar-refractivity contribution in [2.45, 2.75) is 18.1 Å². The van der Waals surface area contributed by atoms with Crippen molar-refractivity contribution in [1.29, 1.82) is 0 Å². The van der Waals surface area contributed by atoms with E-state index in [1.807, 2.05) is 17.5 Å². The van der Waals surface area contributed by atoms with Crippen molar-refractivity contribution in [2.75, 3.05) is 5.75 Å². The lowest BCUT2D eigenvalue weighted by Crippen LogP contribution is -2.28. The number of hydrogen-bond acceptors (Lipinski definition) is 3. The zero-order valence-corrected chi connectivity index (χ0v) is 13.0. The Balaban J connectivity index is 1.95. The molecule has 1 amide bonds. The molecule has 1 saturated heterocycles. The summed E-state index contributed by atoms with van der Waals surface area (Å²) in [5.74, 6) is 0.0859. The predicted molar refractivity (Wildman–Crippen MR) is 81.5 cm³/mol. The summed E-state index contributed by atoms with van der Waals surface area (Å²) >= 11 is 2.74. The highest BCUT2D eigenvalue weighted by Gasteiger charge is 2.40. The van der Waals surface area contributed by atoms with Crippen LogP contribution in [0.1, 0.15) is 21.4 Å². The molecule has 2 aromatic rings. The summed E-state index contributed by atoms with van der Waals surface area (Å²) in [7, 11) is 0. The van der Waals surface area contributed by atoms with Crippen LogP contribution in [0.3, 0.4) is 0 Å². The minimum Gasteiger partial charge on any atom is -0.321 e. The van der Waals surface area contributed by atoms with Gasteiger partial charge in [0.15, 0.2) is 0 Å². The maximum Gasteiger partial charge on any atom is 0.416 e. The number of rotatable bonds is 3. The quantitative estimate of drug-likeness (QED) is 0.815. The Morgan fingerprint density at radius 1 is 1.18 bits per heavy atom. The molecule has 1 aromatic carbocycles. The zero-order chi connectivity index (χ0) is 15.7. The Bertz CT molecular complexity index is 670. The van der Waals surface area contributed by atoms with E-state index in [9.17, 15) is 18.0 Å². The number of halogens is 3. The van der Waals surface area contributed by atoms with Gasteiger partial charge >= 0.3 is 6.18 Å². The molecule has 1 fully saturated rings. The molecule has 0 bridgehead atoms. The molecule has 1 unspecified atom stereocenters. The molecule has 0 N–H and O–H groups in total. The fraction of sp³-hybridized carbons (Fsp3) is 0.267. The predicted octanol–water partition coefficient (Wildman–Crippen LogP) is 4.54. The molecular weight excluding hydrogens is 331 g/mol. The average Bonchev–Trinajstić information content (AvgIpc) is 3.10. The molecule has 0 radical (unpaired) electrons. The van der Waals surface area contributed by atoms with Crippen molar-refractivity contribution in [1.82, 2.24) is 4.90 Å². The number of carbonyl (C=O) groups is 1. The largest absolute Gasteiger partial charge is 0.416 e. The Hall–Kier alpha value is -1.47. The van der Waals surface area contributed by atoms with E-state index in [0.29, 0.717) is 6.54 Å². The van der Waals surface area contributed by atoms with Crippen LogP contribution in [0.25, 0.3) is 0 Å². The van der Waals surface area contributed by atoms with E-state index >= 15 is 0 Å². The summed E-state index contributed by atoms with van der Waals surface area (Å²) in [6, 6.07) is 9.23. The van der Waals surface area contributed by atoms with E-state index in [1.165, 1.54) is 40.1 Å². The lowest BCUT2D eigenvalue weighted by Gasteiger charge is -2.26. The van der Waals surface area contributed by atoms with Gasteiger partial charge in [-0.15, -0.1) is 23.1 Å². The van der Waals surface area contributed by atoms with Crippen LogP contribution in [-0.2, 0) is 17.5 Å². The lowest BCUT2D eigenvalue weighted by atomic mass is 10.1. The highest BCUT2D eigenvalue weighted by Crippen LogP contribution is 2.44. The van der Waals surface area contributed by atoms with Gasteiger partial charge in [-0.1, -0.05) is 24.3 Å². The Morgan fingerprint density at radius 2 is 1.95 bits per heavy atom. The number of amides is 1. The van der Waals surface area contributed by atoms with Gasteiger partial charge in [0.2, 0.25) is 5.91 Å². The number of nitrogens with zero attached hydrogens (tertiary/aromatic N) is 1. The fourth-order valence-electron chi connectivity index (χ4n) is 2.42. The Labute approximate surface area is 133 Å². The number of thioether (sulfide) groups is 1. The zero-order valence-electron chi connectivity index (χ0n) is 11.3. The number of alkyl halides is 3. The molecule has 2 heterocycles. The first kappa shape index (κ1) is 15.4. The minimum absolute atomic E-state index is 0.125. The van der Waals surface area contributed by atoms with E-state index in [4.69, 9.17) is 0 Å². The fourth-order valence-corrected chi connectivity index (χ4v) is 4.35. The molecule has 1 atom stereocenters. The van der Waals surface area contributed by atoms with Crippen molar-refractivity contribution >= 4 is 29.0 Å². The molecule has 3 rings (SSSR count). The van der Waals surface area contributed by atoms with Gasteiger partial charge in [0.05, 0.1) is 17.9 Å². The molecule has 1 aliphatic heterocycles. The molecule has 1 aliphatic rings. The smallest absolute Gasteiger partial charge is 0.321 e. The van der Waals surface area contributed by atoms with E-state index in [0.717, 1.165) is 10.9 Å². The normalized spacial score (nSPS) is 19.0. The van der Waals surface area contributed by atoms with Crippen LogP contribution in [-0.4, -0.2) is 16.6 Å². The molecular formula is C15H12F3NOS2.